The lowest BCUT2D eigenvalue weighted by Crippen LogP contribution is -2.40. The minimum atomic E-state index is -1.00. The summed E-state index contributed by atoms with van der Waals surface area (Å²) in [6.45, 7) is 2.16. The zero-order valence-electron chi connectivity index (χ0n) is 10.8. The van der Waals surface area contributed by atoms with Crippen LogP contribution in [-0.2, 0) is 9.59 Å². The molecule has 2 N–H and O–H groups in total. The molecule has 4 amide bonds. The first-order chi connectivity index (χ1) is 8.57. The van der Waals surface area contributed by atoms with E-state index < -0.39 is 17.8 Å². The molecule has 0 radical (unpaired) electrons. The van der Waals surface area contributed by atoms with Crippen molar-refractivity contribution in [1.29, 1.82) is 0 Å². The summed E-state index contributed by atoms with van der Waals surface area (Å²) in [5.74, 6) is -1.17. The van der Waals surface area contributed by atoms with E-state index in [-0.39, 0.29) is 0 Å². The van der Waals surface area contributed by atoms with Crippen molar-refractivity contribution in [3.8, 4) is 0 Å². The van der Waals surface area contributed by atoms with Crippen molar-refractivity contribution in [3.63, 3.8) is 0 Å². The van der Waals surface area contributed by atoms with Gasteiger partial charge in [0.2, 0.25) is 0 Å². The van der Waals surface area contributed by atoms with Crippen LogP contribution in [0.2, 0.25) is 0 Å². The summed E-state index contributed by atoms with van der Waals surface area (Å²) in [5.41, 5.74) is 5.36. The van der Waals surface area contributed by atoms with Gasteiger partial charge in [-0.1, -0.05) is 39.0 Å². The molecule has 0 saturated carbocycles. The molecular weight excluding hydrogens is 232 g/mol. The lowest BCUT2D eigenvalue weighted by molar-refractivity contribution is -0.133. The largest absolute Gasteiger partial charge is 0.351 e. The van der Waals surface area contributed by atoms with Crippen molar-refractivity contribution >= 4 is 17.8 Å². The van der Waals surface area contributed by atoms with Crippen LogP contribution in [0.5, 0.6) is 0 Å². The van der Waals surface area contributed by atoms with Crippen molar-refractivity contribution in [2.45, 2.75) is 51.9 Å². The molecule has 0 aliphatic carbocycles. The van der Waals surface area contributed by atoms with Gasteiger partial charge in [0.25, 0.3) is 11.8 Å². The van der Waals surface area contributed by atoms with E-state index in [9.17, 15) is 14.4 Å². The van der Waals surface area contributed by atoms with Gasteiger partial charge in [0.05, 0.1) is 0 Å². The number of carbonyl (C=O) groups is 3. The molecule has 1 aliphatic heterocycles. The standard InChI is InChI=1S/C13H20N2O3/c1-2-3-4-5-6-7-8-10-9-11(16)15(12(10)17)13(14)18/h9H,2-8H2,1H3,(H2,14,18). The fraction of sp³-hybridized carbons (Fsp3) is 0.615. The fourth-order valence-corrected chi connectivity index (χ4v) is 2.00. The number of primary amides is 1. The number of imide groups is 3. The highest BCUT2D eigenvalue weighted by molar-refractivity contribution is 6.24. The van der Waals surface area contributed by atoms with Gasteiger partial charge in [0, 0.05) is 11.6 Å². The number of hydrogen-bond acceptors (Lipinski definition) is 3. The van der Waals surface area contributed by atoms with E-state index in [2.05, 4.69) is 6.92 Å². The number of amides is 4. The molecule has 18 heavy (non-hydrogen) atoms. The Balaban J connectivity index is 2.32. The quantitative estimate of drug-likeness (QED) is 0.556. The van der Waals surface area contributed by atoms with Crippen molar-refractivity contribution < 1.29 is 14.4 Å². The molecule has 0 fully saturated rings. The van der Waals surface area contributed by atoms with Crippen molar-refractivity contribution in [3.05, 3.63) is 11.6 Å². The molecule has 100 valence electrons. The molecule has 5 heteroatoms. The highest BCUT2D eigenvalue weighted by Gasteiger charge is 2.34. The number of unbranched alkanes of at least 4 members (excludes halogenated alkanes) is 5. The summed E-state index contributed by atoms with van der Waals surface area (Å²) in [6.07, 6.45) is 8.44. The van der Waals surface area contributed by atoms with Gasteiger partial charge in [-0.2, -0.15) is 4.90 Å². The molecule has 5 nitrogen and oxygen atoms in total. The molecule has 0 unspecified atom stereocenters. The Morgan fingerprint density at radius 3 is 2.33 bits per heavy atom. The summed E-state index contributed by atoms with van der Waals surface area (Å²) in [6, 6.07) is -1.00. The van der Waals surface area contributed by atoms with Crippen LogP contribution in [0.1, 0.15) is 51.9 Å². The summed E-state index contributed by atoms with van der Waals surface area (Å²) in [4.78, 5) is 34.4. The second-order valence-corrected chi connectivity index (χ2v) is 4.50. The SMILES string of the molecule is CCCCCCCCC1=CC(=O)N(C(N)=O)C1=O. The van der Waals surface area contributed by atoms with Gasteiger partial charge in [-0.05, 0) is 12.8 Å². The van der Waals surface area contributed by atoms with Crippen LogP contribution in [0.4, 0.5) is 4.79 Å². The Morgan fingerprint density at radius 2 is 1.78 bits per heavy atom. The minimum Gasteiger partial charge on any atom is -0.351 e. The van der Waals surface area contributed by atoms with Crippen LogP contribution in [0.15, 0.2) is 11.6 Å². The molecule has 0 bridgehead atoms. The second kappa shape index (κ2) is 6.93. The predicted octanol–water partition coefficient (Wildman–Crippen LogP) is 2.11. The van der Waals surface area contributed by atoms with E-state index in [0.717, 1.165) is 19.3 Å². The highest BCUT2D eigenvalue weighted by atomic mass is 16.2. The van der Waals surface area contributed by atoms with Crippen molar-refractivity contribution in [2.24, 2.45) is 5.73 Å². The normalized spacial score (nSPS) is 15.2. The fourth-order valence-electron chi connectivity index (χ4n) is 2.00. The van der Waals surface area contributed by atoms with Crippen molar-refractivity contribution in [1.82, 2.24) is 4.90 Å². The molecular formula is C13H20N2O3. The van der Waals surface area contributed by atoms with Crippen LogP contribution in [-0.4, -0.2) is 22.7 Å². The number of hydrogen-bond donors (Lipinski definition) is 1. The Labute approximate surface area is 107 Å². The number of rotatable bonds is 7. The van der Waals surface area contributed by atoms with Crippen LogP contribution in [0, 0.1) is 0 Å². The zero-order chi connectivity index (χ0) is 13.5. The molecule has 1 rings (SSSR count). The zero-order valence-corrected chi connectivity index (χ0v) is 10.8. The van der Waals surface area contributed by atoms with Gasteiger partial charge < -0.3 is 5.73 Å². The monoisotopic (exact) mass is 252 g/mol. The van der Waals surface area contributed by atoms with Crippen LogP contribution >= 0.6 is 0 Å². The first-order valence-electron chi connectivity index (χ1n) is 6.46. The van der Waals surface area contributed by atoms with E-state index >= 15 is 0 Å². The second-order valence-electron chi connectivity index (χ2n) is 4.50. The van der Waals surface area contributed by atoms with Gasteiger partial charge in [-0.25, -0.2) is 4.79 Å². The van der Waals surface area contributed by atoms with E-state index in [1.54, 1.807) is 0 Å². The Kier molecular flexibility index (Phi) is 5.55. The average molecular weight is 252 g/mol. The topological polar surface area (TPSA) is 80.5 Å². The van der Waals surface area contributed by atoms with Gasteiger partial charge in [-0.3, -0.25) is 9.59 Å². The average Bonchev–Trinajstić information content (AvgIpc) is 2.59. The Hall–Kier alpha value is -1.65. The van der Waals surface area contributed by atoms with Gasteiger partial charge in [0.15, 0.2) is 0 Å². The smallest absolute Gasteiger partial charge is 0.328 e. The van der Waals surface area contributed by atoms with Crippen LogP contribution < -0.4 is 5.73 Å². The first kappa shape index (κ1) is 14.4. The molecule has 0 saturated heterocycles. The molecule has 0 aromatic rings. The maximum atomic E-state index is 11.7. The Morgan fingerprint density at radius 1 is 1.17 bits per heavy atom. The molecule has 1 heterocycles. The lowest BCUT2D eigenvalue weighted by atomic mass is 10.1. The predicted molar refractivity (Wildman–Crippen MR) is 67.5 cm³/mol. The van der Waals surface area contributed by atoms with E-state index in [4.69, 9.17) is 5.73 Å². The third-order valence-electron chi connectivity index (χ3n) is 3.02. The molecule has 0 aromatic carbocycles. The number of nitrogens with zero attached hydrogens (tertiary/aromatic N) is 1. The summed E-state index contributed by atoms with van der Waals surface area (Å²) in [5, 5.41) is 0. The lowest BCUT2D eigenvalue weighted by Gasteiger charge is -2.08. The summed E-state index contributed by atoms with van der Waals surface area (Å²) < 4.78 is 0. The van der Waals surface area contributed by atoms with Gasteiger partial charge in [-0.15, -0.1) is 0 Å². The minimum absolute atomic E-state index is 0.397. The Bertz CT molecular complexity index is 374. The van der Waals surface area contributed by atoms with Crippen molar-refractivity contribution in [2.75, 3.05) is 0 Å². The third kappa shape index (κ3) is 3.68. The maximum absolute atomic E-state index is 11.7. The van der Waals surface area contributed by atoms with E-state index in [1.807, 2.05) is 0 Å². The molecule has 0 atom stereocenters. The number of carbonyl (C=O) groups excluding carboxylic acids is 3. The molecule has 0 spiro atoms. The van der Waals surface area contributed by atoms with E-state index in [0.29, 0.717) is 16.9 Å². The van der Waals surface area contributed by atoms with Crippen LogP contribution in [0.25, 0.3) is 0 Å². The highest BCUT2D eigenvalue weighted by Crippen LogP contribution is 2.19. The first-order valence-corrected chi connectivity index (χ1v) is 6.46. The molecule has 0 aromatic heterocycles. The number of nitrogens with two attached hydrogens (primary N) is 1. The third-order valence-corrected chi connectivity index (χ3v) is 3.02. The van der Waals surface area contributed by atoms with Crippen LogP contribution in [0.3, 0.4) is 0 Å². The maximum Gasteiger partial charge on any atom is 0.328 e. The van der Waals surface area contributed by atoms with Gasteiger partial charge in [0.1, 0.15) is 0 Å². The summed E-state index contributed by atoms with van der Waals surface area (Å²) in [7, 11) is 0. The summed E-state index contributed by atoms with van der Waals surface area (Å²) >= 11 is 0. The van der Waals surface area contributed by atoms with E-state index in [1.165, 1.54) is 25.3 Å². The number of urea groups is 1. The molecule has 1 aliphatic rings. The van der Waals surface area contributed by atoms with Gasteiger partial charge >= 0.3 is 6.03 Å².